The molecule has 3 radical (unpaired) electrons. The molecule has 4 nitrogen and oxygen atoms in total. The monoisotopic (exact) mass is 647 g/mol. The van der Waals surface area contributed by atoms with E-state index in [9.17, 15) is 89.6 Å². The molecule has 0 saturated carbocycles. The summed E-state index contributed by atoms with van der Waals surface area (Å²) in [4.78, 5) is 10.8. The molecule has 0 bridgehead atoms. The van der Waals surface area contributed by atoms with Gasteiger partial charge >= 0.3 is 53.6 Å². The van der Waals surface area contributed by atoms with Crippen molar-refractivity contribution in [2.45, 2.75) is 87.9 Å². The van der Waals surface area contributed by atoms with Crippen LogP contribution in [0.25, 0.3) is 0 Å². The molecule has 0 aliphatic heterocycles. The van der Waals surface area contributed by atoms with E-state index < -0.39 is 77.1 Å². The largest absolute Gasteiger partial charge is 0.478 e. The molecule has 21 heteroatoms. The summed E-state index contributed by atoms with van der Waals surface area (Å²) in [6, 6.07) is 0. The SMILES string of the molecule is CCC(C)(C=C(C)C(=O)O)C([O])C(F)(F)C(F)(F)C(F)(F)C(F)(F)C(F)(F)C(F)(F)C(F)(F)C(F)(F)F.C[CH]C[O]. The van der Waals surface area contributed by atoms with Crippen molar-refractivity contribution in [3.63, 3.8) is 0 Å². The molecule has 0 saturated heterocycles. The van der Waals surface area contributed by atoms with E-state index in [1.54, 1.807) is 13.3 Å². The molecule has 0 aliphatic carbocycles. The highest BCUT2D eigenvalue weighted by atomic mass is 19.4. The number of carboxylic acids is 1. The van der Waals surface area contributed by atoms with E-state index in [1.165, 1.54) is 0 Å². The first-order valence-corrected chi connectivity index (χ1v) is 10.4. The molecule has 0 aliphatic rings. The fourth-order valence-electron chi connectivity index (χ4n) is 2.67. The minimum Gasteiger partial charge on any atom is -0.478 e. The average Bonchev–Trinajstić information content (AvgIpc) is 2.81. The molecule has 0 aromatic rings. The number of alkyl halides is 17. The van der Waals surface area contributed by atoms with Crippen molar-refractivity contribution >= 4 is 5.97 Å². The summed E-state index contributed by atoms with van der Waals surface area (Å²) in [5.41, 5.74) is -4.27. The van der Waals surface area contributed by atoms with Crippen LogP contribution in [0.1, 0.15) is 34.1 Å². The predicted octanol–water partition coefficient (Wildman–Crippen LogP) is 7.88. The Bertz CT molecular complexity index is 925. The molecule has 1 N–H and O–H groups in total. The van der Waals surface area contributed by atoms with E-state index in [0.29, 0.717) is 13.8 Å². The van der Waals surface area contributed by atoms with E-state index in [-0.39, 0.29) is 19.6 Å². The van der Waals surface area contributed by atoms with Crippen LogP contribution in [0.3, 0.4) is 0 Å². The van der Waals surface area contributed by atoms with E-state index in [0.717, 1.165) is 0 Å². The molecule has 0 fully saturated rings. The first-order chi connectivity index (χ1) is 17.7. The molecular formula is C20H20F17O4. The number of halogens is 17. The van der Waals surface area contributed by atoms with Crippen LogP contribution in [-0.4, -0.2) is 71.4 Å². The zero-order valence-electron chi connectivity index (χ0n) is 20.7. The maximum Gasteiger partial charge on any atom is 0.460 e. The van der Waals surface area contributed by atoms with Crippen molar-refractivity contribution in [2.24, 2.45) is 5.41 Å². The Labute approximate surface area is 219 Å². The number of rotatable bonds is 12. The van der Waals surface area contributed by atoms with Crippen molar-refractivity contribution in [1.82, 2.24) is 0 Å². The summed E-state index contributed by atoms with van der Waals surface area (Å²) in [6.45, 7) is 3.11. The lowest BCUT2D eigenvalue weighted by atomic mass is 9.74. The van der Waals surface area contributed by atoms with Crippen LogP contribution in [0.5, 0.6) is 0 Å². The van der Waals surface area contributed by atoms with Gasteiger partial charge in [-0.3, -0.25) is 0 Å². The van der Waals surface area contributed by atoms with Crippen molar-refractivity contribution in [3.8, 4) is 0 Å². The summed E-state index contributed by atoms with van der Waals surface area (Å²) in [5, 5.41) is 30.0. The Hall–Kier alpha value is -2.06. The summed E-state index contributed by atoms with van der Waals surface area (Å²) < 4.78 is 227. The van der Waals surface area contributed by atoms with Gasteiger partial charge in [0.2, 0.25) is 0 Å². The molecular weight excluding hydrogens is 627 g/mol. The van der Waals surface area contributed by atoms with Crippen LogP contribution in [0.15, 0.2) is 11.6 Å². The highest BCUT2D eigenvalue weighted by molar-refractivity contribution is 5.85. The summed E-state index contributed by atoms with van der Waals surface area (Å²) in [7, 11) is 0. The maximum absolute atomic E-state index is 14.2. The third kappa shape index (κ3) is 6.64. The van der Waals surface area contributed by atoms with E-state index >= 15 is 0 Å². The Kier molecular flexibility index (Phi) is 12.3. The van der Waals surface area contributed by atoms with Crippen LogP contribution in [-0.2, 0) is 15.0 Å². The highest BCUT2D eigenvalue weighted by Gasteiger charge is 2.95. The Morgan fingerprint density at radius 1 is 0.707 bits per heavy atom. The number of hydrogen-bond donors (Lipinski definition) is 1. The molecule has 0 rings (SSSR count). The second-order valence-electron chi connectivity index (χ2n) is 8.51. The average molecular weight is 647 g/mol. The van der Waals surface area contributed by atoms with Gasteiger partial charge in [-0.1, -0.05) is 26.8 Å². The van der Waals surface area contributed by atoms with Crippen molar-refractivity contribution in [3.05, 3.63) is 18.1 Å². The molecule has 2 atom stereocenters. The molecule has 243 valence electrons. The van der Waals surface area contributed by atoms with Gasteiger partial charge in [-0.25, -0.2) is 15.0 Å². The normalized spacial score (nSPS) is 17.4. The Morgan fingerprint density at radius 2 is 1.00 bits per heavy atom. The molecule has 0 amide bonds. The van der Waals surface area contributed by atoms with Gasteiger partial charge in [0, 0.05) is 11.0 Å². The lowest BCUT2D eigenvalue weighted by Crippen LogP contribution is -2.75. The number of carboxylic acid groups (broad SMARTS) is 1. The van der Waals surface area contributed by atoms with Gasteiger partial charge in [0.15, 0.2) is 6.10 Å². The highest BCUT2D eigenvalue weighted by Crippen LogP contribution is 2.64. The van der Waals surface area contributed by atoms with Gasteiger partial charge in [-0.05, 0) is 19.8 Å². The summed E-state index contributed by atoms with van der Waals surface area (Å²) >= 11 is 0. The summed E-state index contributed by atoms with van der Waals surface area (Å²) in [5.74, 6) is -60.4. The van der Waals surface area contributed by atoms with Gasteiger partial charge in [0.05, 0.1) is 6.61 Å². The lowest BCUT2D eigenvalue weighted by Gasteiger charge is -2.44. The van der Waals surface area contributed by atoms with Crippen LogP contribution >= 0.6 is 0 Å². The molecule has 2 unspecified atom stereocenters. The van der Waals surface area contributed by atoms with Crippen LogP contribution in [0.4, 0.5) is 74.6 Å². The smallest absolute Gasteiger partial charge is 0.460 e. The van der Waals surface area contributed by atoms with Crippen LogP contribution in [0.2, 0.25) is 0 Å². The van der Waals surface area contributed by atoms with Gasteiger partial charge in [-0.2, -0.15) is 74.6 Å². The number of aliphatic carboxylic acids is 1. The first-order valence-electron chi connectivity index (χ1n) is 10.4. The molecule has 0 spiro atoms. The van der Waals surface area contributed by atoms with Gasteiger partial charge in [-0.15, -0.1) is 0 Å². The van der Waals surface area contributed by atoms with Crippen LogP contribution in [0, 0.1) is 11.8 Å². The van der Waals surface area contributed by atoms with Crippen LogP contribution < -0.4 is 0 Å². The minimum atomic E-state index is -8.80. The fourth-order valence-corrected chi connectivity index (χ4v) is 2.67. The molecule has 0 aromatic carbocycles. The quantitative estimate of drug-likeness (QED) is 0.173. The first kappa shape index (κ1) is 41.1. The zero-order valence-corrected chi connectivity index (χ0v) is 20.7. The van der Waals surface area contributed by atoms with E-state index in [1.807, 2.05) is 0 Å². The third-order valence-electron chi connectivity index (χ3n) is 5.49. The molecule has 0 heterocycles. The molecule has 41 heavy (non-hydrogen) atoms. The van der Waals surface area contributed by atoms with E-state index in [4.69, 9.17) is 5.11 Å². The zero-order chi connectivity index (χ0) is 34.1. The third-order valence-corrected chi connectivity index (χ3v) is 5.49. The maximum atomic E-state index is 14.2. The standard InChI is InChI=1S/C17H14F17O3.C3H6O/c1-4-9(3,5-6(2)7(35)36)8(37)10(18,19)11(20,21)12(22,23)13(24,25)14(26,27)15(28,29)16(30,31)17(32,33)34;1-2-3-4/h5,8H,4H2,1-3H3,(H,35,36);2H,3H2,1H3. The minimum absolute atomic E-state index is 0.0279. The fraction of sp³-hybridized carbons (Fsp3) is 0.800. The van der Waals surface area contributed by atoms with Gasteiger partial charge in [0.1, 0.15) is 0 Å². The van der Waals surface area contributed by atoms with Crippen molar-refractivity contribution in [2.75, 3.05) is 6.61 Å². The topological polar surface area (TPSA) is 77.1 Å². The summed E-state index contributed by atoms with van der Waals surface area (Å²) in [6.07, 6.45) is -12.1. The van der Waals surface area contributed by atoms with Gasteiger partial charge in [0.25, 0.3) is 0 Å². The second-order valence-corrected chi connectivity index (χ2v) is 8.51. The Balaban J connectivity index is 0. The number of hydrogen-bond acceptors (Lipinski definition) is 1. The predicted molar refractivity (Wildman–Crippen MR) is 100 cm³/mol. The Morgan fingerprint density at radius 3 is 1.24 bits per heavy atom. The van der Waals surface area contributed by atoms with Gasteiger partial charge < -0.3 is 5.11 Å². The van der Waals surface area contributed by atoms with Crippen molar-refractivity contribution < 1.29 is 94.8 Å². The van der Waals surface area contributed by atoms with E-state index in [2.05, 4.69) is 0 Å². The van der Waals surface area contributed by atoms with Crippen molar-refractivity contribution in [1.29, 1.82) is 0 Å². The lowest BCUT2D eigenvalue weighted by molar-refractivity contribution is -0.465. The number of carbonyl (C=O) groups is 1. The second kappa shape index (κ2) is 12.3. The molecule has 0 aromatic heterocycles.